The van der Waals surface area contributed by atoms with Gasteiger partial charge in [-0.15, -0.1) is 11.3 Å². The maximum atomic E-state index is 12.8. The van der Waals surface area contributed by atoms with E-state index in [9.17, 15) is 26.4 Å². The van der Waals surface area contributed by atoms with Crippen molar-refractivity contribution in [3.63, 3.8) is 0 Å². The van der Waals surface area contributed by atoms with E-state index in [1.54, 1.807) is 0 Å². The molecule has 0 aliphatic carbocycles. The molecule has 0 radical (unpaired) electrons. The van der Waals surface area contributed by atoms with Gasteiger partial charge in [-0.25, -0.2) is 8.42 Å². The van der Waals surface area contributed by atoms with Gasteiger partial charge in [0.05, 0.1) is 16.3 Å². The lowest BCUT2D eigenvalue weighted by Crippen LogP contribution is -2.50. The summed E-state index contributed by atoms with van der Waals surface area (Å²) in [4.78, 5) is 13.9. The van der Waals surface area contributed by atoms with E-state index < -0.39 is 21.8 Å². The van der Waals surface area contributed by atoms with Crippen molar-refractivity contribution >= 4 is 38.9 Å². The van der Waals surface area contributed by atoms with Crippen molar-refractivity contribution in [1.29, 1.82) is 0 Å². The second kappa shape index (κ2) is 8.02. The van der Waals surface area contributed by atoms with Crippen LogP contribution in [0, 0.1) is 0 Å². The van der Waals surface area contributed by atoms with Gasteiger partial charge in [-0.2, -0.15) is 17.5 Å². The Morgan fingerprint density at radius 3 is 2.36 bits per heavy atom. The normalized spacial score (nSPS) is 16.4. The molecule has 1 aliphatic heterocycles. The van der Waals surface area contributed by atoms with Crippen molar-refractivity contribution in [3.05, 3.63) is 51.9 Å². The Bertz CT molecular complexity index is 968. The topological polar surface area (TPSA) is 57.7 Å². The fourth-order valence-electron chi connectivity index (χ4n) is 2.89. The lowest BCUT2D eigenvalue weighted by molar-refractivity contribution is -0.138. The summed E-state index contributed by atoms with van der Waals surface area (Å²) in [5.41, 5.74) is -0.536. The first-order valence-electron chi connectivity index (χ1n) is 8.27. The van der Waals surface area contributed by atoms with Gasteiger partial charge in [0.25, 0.3) is 10.0 Å². The fraction of sp³-hybridized carbons (Fsp3) is 0.353. The zero-order chi connectivity index (χ0) is 20.5. The predicted octanol–water partition coefficient (Wildman–Crippen LogP) is 3.50. The molecule has 1 aromatic carbocycles. The SMILES string of the molecule is O=C(Cc1cccc(C(F)(F)F)c1)N1CCN(S(=O)(=O)c2ccc(Cl)s2)CC1. The molecule has 152 valence electrons. The first-order valence-corrected chi connectivity index (χ1v) is 10.9. The van der Waals surface area contributed by atoms with Gasteiger partial charge < -0.3 is 4.90 Å². The van der Waals surface area contributed by atoms with Crippen LogP contribution >= 0.6 is 22.9 Å². The Hall–Kier alpha value is -1.62. The lowest BCUT2D eigenvalue weighted by Gasteiger charge is -2.33. The average Bonchev–Trinajstić information content (AvgIpc) is 3.08. The van der Waals surface area contributed by atoms with Crippen molar-refractivity contribution in [2.75, 3.05) is 26.2 Å². The minimum atomic E-state index is -4.47. The third kappa shape index (κ3) is 4.68. The molecule has 1 fully saturated rings. The molecule has 28 heavy (non-hydrogen) atoms. The molecule has 1 amide bonds. The minimum absolute atomic E-state index is 0.117. The quantitative estimate of drug-likeness (QED) is 0.713. The number of carbonyl (C=O) groups is 1. The molecule has 1 aromatic heterocycles. The number of nitrogens with zero attached hydrogens (tertiary/aromatic N) is 2. The fourth-order valence-corrected chi connectivity index (χ4v) is 5.94. The maximum Gasteiger partial charge on any atom is 0.416 e. The van der Waals surface area contributed by atoms with Crippen LogP contribution in [0.25, 0.3) is 0 Å². The number of amides is 1. The number of hydrogen-bond acceptors (Lipinski definition) is 4. The van der Waals surface area contributed by atoms with Gasteiger partial charge in [-0.05, 0) is 23.8 Å². The summed E-state index contributed by atoms with van der Waals surface area (Å²) in [5.74, 6) is -0.337. The summed E-state index contributed by atoms with van der Waals surface area (Å²) in [5, 5.41) is 0. The van der Waals surface area contributed by atoms with Crippen LogP contribution in [0.3, 0.4) is 0 Å². The van der Waals surface area contributed by atoms with Gasteiger partial charge >= 0.3 is 6.18 Å². The standard InChI is InChI=1S/C17H16ClF3N2O3S2/c18-14-4-5-16(27-14)28(25,26)23-8-6-22(7-9-23)15(24)11-12-2-1-3-13(10-12)17(19,20)21/h1-5,10H,6-9,11H2. The number of rotatable bonds is 4. The largest absolute Gasteiger partial charge is 0.416 e. The Morgan fingerprint density at radius 1 is 1.11 bits per heavy atom. The van der Waals surface area contributed by atoms with Gasteiger partial charge in [0, 0.05) is 26.2 Å². The van der Waals surface area contributed by atoms with E-state index in [1.165, 1.54) is 33.5 Å². The Kier molecular flexibility index (Phi) is 6.04. The van der Waals surface area contributed by atoms with Gasteiger partial charge in [0.2, 0.25) is 5.91 Å². The molecule has 0 atom stereocenters. The molecule has 2 heterocycles. The third-order valence-corrected chi connectivity index (χ3v) is 7.94. The summed E-state index contributed by atoms with van der Waals surface area (Å²) in [6, 6.07) is 7.59. The zero-order valence-corrected chi connectivity index (χ0v) is 16.8. The van der Waals surface area contributed by atoms with E-state index >= 15 is 0 Å². The molecule has 0 saturated carbocycles. The predicted molar refractivity (Wildman–Crippen MR) is 99.8 cm³/mol. The highest BCUT2D eigenvalue weighted by molar-refractivity contribution is 7.91. The summed E-state index contributed by atoms with van der Waals surface area (Å²) < 4.78 is 65.3. The second-order valence-electron chi connectivity index (χ2n) is 6.22. The van der Waals surface area contributed by atoms with Gasteiger partial charge in [0.1, 0.15) is 4.21 Å². The summed E-state index contributed by atoms with van der Waals surface area (Å²) in [6.45, 7) is 0.588. The lowest BCUT2D eigenvalue weighted by atomic mass is 10.1. The van der Waals surface area contributed by atoms with E-state index in [0.29, 0.717) is 4.34 Å². The average molecular weight is 453 g/mol. The highest BCUT2D eigenvalue weighted by Crippen LogP contribution is 2.30. The number of alkyl halides is 3. The van der Waals surface area contributed by atoms with Crippen LogP contribution in [0.2, 0.25) is 4.34 Å². The van der Waals surface area contributed by atoms with Crippen LogP contribution in [-0.4, -0.2) is 49.7 Å². The third-order valence-electron chi connectivity index (χ3n) is 4.34. The number of sulfonamides is 1. The molecule has 11 heteroatoms. The molecule has 5 nitrogen and oxygen atoms in total. The molecule has 2 aromatic rings. The number of piperazine rings is 1. The van der Waals surface area contributed by atoms with E-state index in [1.807, 2.05) is 0 Å². The number of hydrogen-bond donors (Lipinski definition) is 0. The molecule has 0 spiro atoms. The van der Waals surface area contributed by atoms with Crippen LogP contribution < -0.4 is 0 Å². The van der Waals surface area contributed by atoms with Crippen LogP contribution in [0.5, 0.6) is 0 Å². The van der Waals surface area contributed by atoms with Crippen molar-refractivity contribution in [2.24, 2.45) is 0 Å². The number of halogens is 4. The summed E-state index contributed by atoms with van der Waals surface area (Å²) in [6.07, 6.45) is -4.64. The Labute approximate surface area is 169 Å². The maximum absolute atomic E-state index is 12.8. The van der Waals surface area contributed by atoms with E-state index in [4.69, 9.17) is 11.6 Å². The van der Waals surface area contributed by atoms with Crippen molar-refractivity contribution in [3.8, 4) is 0 Å². The van der Waals surface area contributed by atoms with E-state index in [0.717, 1.165) is 23.5 Å². The Balaban J connectivity index is 1.61. The first kappa shape index (κ1) is 21.1. The molecule has 0 N–H and O–H groups in total. The van der Waals surface area contributed by atoms with Crippen molar-refractivity contribution < 1.29 is 26.4 Å². The number of carbonyl (C=O) groups excluding carboxylic acids is 1. The highest BCUT2D eigenvalue weighted by Gasteiger charge is 2.32. The smallest absolute Gasteiger partial charge is 0.340 e. The minimum Gasteiger partial charge on any atom is -0.340 e. The summed E-state index contributed by atoms with van der Waals surface area (Å²) in [7, 11) is -3.67. The molecular weight excluding hydrogens is 437 g/mol. The Morgan fingerprint density at radius 2 is 1.79 bits per heavy atom. The molecule has 0 bridgehead atoms. The van der Waals surface area contributed by atoms with E-state index in [-0.39, 0.29) is 48.3 Å². The molecule has 0 unspecified atom stereocenters. The van der Waals surface area contributed by atoms with Crippen LogP contribution in [0.4, 0.5) is 13.2 Å². The summed E-state index contributed by atoms with van der Waals surface area (Å²) >= 11 is 6.76. The number of thiophene rings is 1. The second-order valence-corrected chi connectivity index (χ2v) is 10.1. The van der Waals surface area contributed by atoms with Crippen LogP contribution in [0.1, 0.15) is 11.1 Å². The zero-order valence-electron chi connectivity index (χ0n) is 14.4. The molecule has 1 saturated heterocycles. The van der Waals surface area contributed by atoms with E-state index in [2.05, 4.69) is 0 Å². The highest BCUT2D eigenvalue weighted by atomic mass is 35.5. The van der Waals surface area contributed by atoms with Crippen LogP contribution in [-0.2, 0) is 27.4 Å². The monoisotopic (exact) mass is 452 g/mol. The number of benzene rings is 1. The molecular formula is C17H16ClF3N2O3S2. The van der Waals surface area contributed by atoms with Gasteiger partial charge in [-0.1, -0.05) is 29.8 Å². The van der Waals surface area contributed by atoms with Gasteiger partial charge in [-0.3, -0.25) is 4.79 Å². The van der Waals surface area contributed by atoms with Gasteiger partial charge in [0.15, 0.2) is 0 Å². The first-order chi connectivity index (χ1) is 13.1. The van der Waals surface area contributed by atoms with Crippen molar-refractivity contribution in [2.45, 2.75) is 16.8 Å². The van der Waals surface area contributed by atoms with Crippen molar-refractivity contribution in [1.82, 2.24) is 9.21 Å². The van der Waals surface area contributed by atoms with Crippen LogP contribution in [0.15, 0.2) is 40.6 Å². The molecule has 3 rings (SSSR count). The molecule has 1 aliphatic rings.